The summed E-state index contributed by atoms with van der Waals surface area (Å²) in [5.41, 5.74) is 4.90. The Bertz CT molecular complexity index is 997. The van der Waals surface area contributed by atoms with Crippen molar-refractivity contribution in [1.82, 2.24) is 4.90 Å². The van der Waals surface area contributed by atoms with Crippen LogP contribution in [0.2, 0.25) is 0 Å². The maximum Gasteiger partial charge on any atom is 0.323 e. The second kappa shape index (κ2) is 7.86. The number of amides is 3. The van der Waals surface area contributed by atoms with Gasteiger partial charge < -0.3 is 15.5 Å². The Hall–Kier alpha value is -3.12. The zero-order valence-corrected chi connectivity index (χ0v) is 16.4. The first kappa shape index (κ1) is 18.3. The summed E-state index contributed by atoms with van der Waals surface area (Å²) in [6.45, 7) is 3.27. The smallest absolute Gasteiger partial charge is 0.323 e. The van der Waals surface area contributed by atoms with Crippen LogP contribution in [0.25, 0.3) is 0 Å². The number of aryl methyl sites for hydroxylation is 1. The van der Waals surface area contributed by atoms with Crippen LogP contribution in [0.3, 0.4) is 0 Å². The summed E-state index contributed by atoms with van der Waals surface area (Å²) in [4.78, 5) is 27.5. The van der Waals surface area contributed by atoms with Gasteiger partial charge in [0.25, 0.3) is 5.91 Å². The minimum absolute atomic E-state index is 0.0659. The predicted molar refractivity (Wildman–Crippen MR) is 113 cm³/mol. The molecule has 1 aromatic heterocycles. The van der Waals surface area contributed by atoms with E-state index in [4.69, 9.17) is 0 Å². The van der Waals surface area contributed by atoms with E-state index >= 15 is 0 Å². The van der Waals surface area contributed by atoms with Crippen molar-refractivity contribution in [1.29, 1.82) is 0 Å². The van der Waals surface area contributed by atoms with Crippen LogP contribution in [-0.4, -0.2) is 23.4 Å². The van der Waals surface area contributed by atoms with Crippen molar-refractivity contribution in [3.05, 3.63) is 81.5 Å². The summed E-state index contributed by atoms with van der Waals surface area (Å²) < 4.78 is 0. The van der Waals surface area contributed by atoms with Crippen molar-refractivity contribution in [2.75, 3.05) is 17.2 Å². The van der Waals surface area contributed by atoms with Crippen molar-refractivity contribution in [3.8, 4) is 0 Å². The fourth-order valence-electron chi connectivity index (χ4n) is 3.29. The van der Waals surface area contributed by atoms with E-state index in [2.05, 4.69) is 10.6 Å². The van der Waals surface area contributed by atoms with Crippen LogP contribution < -0.4 is 10.6 Å². The van der Waals surface area contributed by atoms with E-state index in [1.807, 2.05) is 71.8 Å². The molecular formula is C22H21N3O2S. The van der Waals surface area contributed by atoms with Crippen molar-refractivity contribution in [3.63, 3.8) is 0 Å². The minimum atomic E-state index is -0.286. The van der Waals surface area contributed by atoms with Crippen molar-refractivity contribution < 1.29 is 9.59 Å². The molecule has 0 aliphatic carbocycles. The first-order valence-electron chi connectivity index (χ1n) is 9.18. The monoisotopic (exact) mass is 391 g/mol. The van der Waals surface area contributed by atoms with Gasteiger partial charge in [-0.05, 0) is 60.2 Å². The Balaban J connectivity index is 1.43. The van der Waals surface area contributed by atoms with Crippen LogP contribution >= 0.6 is 11.3 Å². The first-order valence-corrected chi connectivity index (χ1v) is 10.1. The van der Waals surface area contributed by atoms with Crippen molar-refractivity contribution in [2.24, 2.45) is 0 Å². The Labute approximate surface area is 168 Å². The molecule has 28 heavy (non-hydrogen) atoms. The molecule has 6 heteroatoms. The number of rotatable bonds is 3. The fourth-order valence-corrected chi connectivity index (χ4v) is 3.99. The highest BCUT2D eigenvalue weighted by Gasteiger charge is 2.22. The molecule has 142 valence electrons. The van der Waals surface area contributed by atoms with E-state index in [0.29, 0.717) is 18.8 Å². The summed E-state index contributed by atoms with van der Waals surface area (Å²) in [6.07, 6.45) is 0.822. The Kier molecular flexibility index (Phi) is 5.12. The number of nitrogens with zero attached hydrogens (tertiary/aromatic N) is 1. The average Bonchev–Trinajstić information content (AvgIpc) is 3.23. The van der Waals surface area contributed by atoms with Crippen LogP contribution in [0.4, 0.5) is 16.2 Å². The largest absolute Gasteiger partial charge is 0.333 e. The molecule has 2 N–H and O–H groups in total. The molecule has 2 aromatic carbocycles. The van der Waals surface area contributed by atoms with E-state index in [1.165, 1.54) is 16.9 Å². The highest BCUT2D eigenvalue weighted by Crippen LogP contribution is 2.25. The molecule has 1 aliphatic rings. The van der Waals surface area contributed by atoms with Gasteiger partial charge in [-0.25, -0.2) is 4.79 Å². The molecule has 0 saturated heterocycles. The number of carbonyl (C=O) groups excluding carboxylic acids is 2. The van der Waals surface area contributed by atoms with Crippen LogP contribution in [0.5, 0.6) is 0 Å². The van der Waals surface area contributed by atoms with Gasteiger partial charge in [-0.3, -0.25) is 4.79 Å². The maximum atomic E-state index is 12.6. The second-order valence-corrected chi connectivity index (χ2v) is 7.83. The summed E-state index contributed by atoms with van der Waals surface area (Å²) >= 11 is 1.46. The Morgan fingerprint density at radius 1 is 0.964 bits per heavy atom. The van der Waals surface area contributed by atoms with Crippen molar-refractivity contribution >= 4 is 34.6 Å². The third-order valence-corrected chi connectivity index (χ3v) is 5.66. The molecule has 0 radical (unpaired) electrons. The Morgan fingerprint density at radius 3 is 2.46 bits per heavy atom. The highest BCUT2D eigenvalue weighted by atomic mass is 32.1. The Morgan fingerprint density at radius 2 is 1.71 bits per heavy atom. The lowest BCUT2D eigenvalue weighted by Crippen LogP contribution is -2.35. The molecule has 3 aromatic rings. The number of fused-ring (bicyclic) bond motifs is 1. The highest BCUT2D eigenvalue weighted by molar-refractivity contribution is 7.12. The number of hydrogen-bond donors (Lipinski definition) is 2. The summed E-state index contributed by atoms with van der Waals surface area (Å²) in [7, 11) is 0. The second-order valence-electron chi connectivity index (χ2n) is 6.88. The normalized spacial score (nSPS) is 13.0. The molecule has 0 fully saturated rings. The maximum absolute atomic E-state index is 12.6. The van der Waals surface area contributed by atoms with E-state index in [-0.39, 0.29) is 11.9 Å². The van der Waals surface area contributed by atoms with Gasteiger partial charge in [-0.15, -0.1) is 11.3 Å². The zero-order chi connectivity index (χ0) is 19.5. The van der Waals surface area contributed by atoms with Gasteiger partial charge in [0.15, 0.2) is 0 Å². The molecule has 4 rings (SSSR count). The molecule has 5 nitrogen and oxygen atoms in total. The zero-order valence-electron chi connectivity index (χ0n) is 15.6. The molecule has 0 saturated carbocycles. The predicted octanol–water partition coefficient (Wildman–Crippen LogP) is 4.90. The van der Waals surface area contributed by atoms with Crippen LogP contribution in [0.15, 0.2) is 60.0 Å². The minimum Gasteiger partial charge on any atom is -0.333 e. The SMILES string of the molecule is Cc1ccc(NC(=O)Nc2ccc3c(c2)CN(C(=O)c2cccs2)CC3)cc1. The average molecular weight is 391 g/mol. The number of benzene rings is 2. The fraction of sp³-hybridized carbons (Fsp3) is 0.182. The lowest BCUT2D eigenvalue weighted by molar-refractivity contribution is 0.0739. The number of anilines is 2. The molecule has 0 unspecified atom stereocenters. The van der Waals surface area contributed by atoms with Gasteiger partial charge in [0.05, 0.1) is 4.88 Å². The van der Waals surface area contributed by atoms with E-state index in [9.17, 15) is 9.59 Å². The number of carbonyl (C=O) groups is 2. The molecular weight excluding hydrogens is 370 g/mol. The number of urea groups is 1. The first-order chi connectivity index (χ1) is 13.6. The number of thiophene rings is 1. The van der Waals surface area contributed by atoms with Gasteiger partial charge >= 0.3 is 6.03 Å². The lowest BCUT2D eigenvalue weighted by Gasteiger charge is -2.29. The lowest BCUT2D eigenvalue weighted by atomic mass is 9.99. The molecule has 1 aliphatic heterocycles. The molecule has 0 bridgehead atoms. The number of nitrogens with one attached hydrogen (secondary N) is 2. The quantitative estimate of drug-likeness (QED) is 0.667. The molecule has 0 spiro atoms. The third kappa shape index (κ3) is 4.07. The van der Waals surface area contributed by atoms with Gasteiger partial charge in [0.2, 0.25) is 0 Å². The molecule has 3 amide bonds. The van der Waals surface area contributed by atoms with Crippen molar-refractivity contribution in [2.45, 2.75) is 19.9 Å². The summed E-state index contributed by atoms with van der Waals surface area (Å²) in [5, 5.41) is 7.62. The van der Waals surface area contributed by atoms with Gasteiger partial charge in [-0.1, -0.05) is 29.8 Å². The topological polar surface area (TPSA) is 61.4 Å². The van der Waals surface area contributed by atoms with Crippen LogP contribution in [-0.2, 0) is 13.0 Å². The van der Waals surface area contributed by atoms with Crippen LogP contribution in [0.1, 0.15) is 26.4 Å². The van der Waals surface area contributed by atoms with E-state index < -0.39 is 0 Å². The third-order valence-electron chi connectivity index (χ3n) is 4.81. The van der Waals surface area contributed by atoms with Crippen LogP contribution in [0, 0.1) is 6.92 Å². The molecule has 2 heterocycles. The van der Waals surface area contributed by atoms with E-state index in [0.717, 1.165) is 28.1 Å². The van der Waals surface area contributed by atoms with Gasteiger partial charge in [0.1, 0.15) is 0 Å². The summed E-state index contributed by atoms with van der Waals surface area (Å²) in [5.74, 6) is 0.0659. The molecule has 0 atom stereocenters. The summed E-state index contributed by atoms with van der Waals surface area (Å²) in [6, 6.07) is 17.0. The van der Waals surface area contributed by atoms with E-state index in [1.54, 1.807) is 0 Å². The van der Waals surface area contributed by atoms with Gasteiger partial charge in [0, 0.05) is 24.5 Å². The number of hydrogen-bond acceptors (Lipinski definition) is 3. The standard InChI is InChI=1S/C22H21N3O2S/c1-15-4-7-18(8-5-15)23-22(27)24-19-9-6-16-10-11-25(14-17(16)13-19)21(26)20-3-2-12-28-20/h2-9,12-13H,10-11,14H2,1H3,(H2,23,24,27). The van der Waals surface area contributed by atoms with Gasteiger partial charge in [-0.2, -0.15) is 0 Å².